The first kappa shape index (κ1) is 17.0. The van der Waals surface area contributed by atoms with Crippen LogP contribution in [0.3, 0.4) is 0 Å². The zero-order chi connectivity index (χ0) is 15.7. The zero-order valence-corrected chi connectivity index (χ0v) is 14.4. The molecule has 0 aromatic heterocycles. The molecular formula is C14H20Cl2N2O2S. The fourth-order valence-corrected chi connectivity index (χ4v) is 4.35. The molecule has 0 aliphatic carbocycles. The minimum atomic E-state index is -3.61. The lowest BCUT2D eigenvalue weighted by Gasteiger charge is -2.39. The molecule has 0 spiro atoms. The maximum Gasteiger partial charge on any atom is 0.240 e. The molecule has 21 heavy (non-hydrogen) atoms. The van der Waals surface area contributed by atoms with Gasteiger partial charge in [0.2, 0.25) is 10.0 Å². The van der Waals surface area contributed by atoms with Crippen LogP contribution < -0.4 is 10.0 Å². The second kappa shape index (κ2) is 6.42. The third-order valence-electron chi connectivity index (χ3n) is 3.96. The van der Waals surface area contributed by atoms with E-state index in [0.29, 0.717) is 16.6 Å². The number of piperidine rings is 1. The summed E-state index contributed by atoms with van der Waals surface area (Å²) in [5.41, 5.74) is 0.0622. The third kappa shape index (κ3) is 4.33. The van der Waals surface area contributed by atoms with Crippen LogP contribution in [-0.4, -0.2) is 27.5 Å². The van der Waals surface area contributed by atoms with Crippen molar-refractivity contribution in [3.05, 3.63) is 28.2 Å². The Morgan fingerprint density at radius 3 is 2.48 bits per heavy atom. The van der Waals surface area contributed by atoms with E-state index in [1.54, 1.807) is 0 Å². The Balaban J connectivity index is 2.11. The van der Waals surface area contributed by atoms with E-state index in [2.05, 4.69) is 23.9 Å². The summed E-state index contributed by atoms with van der Waals surface area (Å²) in [4.78, 5) is 0.0913. The van der Waals surface area contributed by atoms with Gasteiger partial charge in [-0.3, -0.25) is 0 Å². The molecule has 0 bridgehead atoms. The van der Waals surface area contributed by atoms with Gasteiger partial charge in [-0.25, -0.2) is 13.1 Å². The molecule has 1 aliphatic heterocycles. The molecule has 1 atom stereocenters. The molecule has 1 aromatic rings. The second-order valence-electron chi connectivity index (χ2n) is 6.06. The summed E-state index contributed by atoms with van der Waals surface area (Å²) >= 11 is 11.7. The normalized spacial score (nSPS) is 22.2. The molecule has 0 saturated carbocycles. The van der Waals surface area contributed by atoms with Gasteiger partial charge in [-0.05, 0) is 43.0 Å². The smallest absolute Gasteiger partial charge is 0.240 e. The lowest BCUT2D eigenvalue weighted by Crippen LogP contribution is -2.52. The van der Waals surface area contributed by atoms with Crippen LogP contribution in [0.25, 0.3) is 0 Å². The summed E-state index contributed by atoms with van der Waals surface area (Å²) in [7, 11) is -3.61. The van der Waals surface area contributed by atoms with Crippen molar-refractivity contribution in [2.75, 3.05) is 13.1 Å². The number of rotatable bonds is 4. The largest absolute Gasteiger partial charge is 0.312 e. The Hall–Kier alpha value is -0.330. The number of hydrogen-bond acceptors (Lipinski definition) is 3. The molecule has 0 amide bonds. The minimum absolute atomic E-state index is 0.0622. The summed E-state index contributed by atoms with van der Waals surface area (Å²) in [6, 6.07) is 4.41. The first-order valence-electron chi connectivity index (χ1n) is 6.90. The van der Waals surface area contributed by atoms with Gasteiger partial charge in [0.15, 0.2) is 0 Å². The van der Waals surface area contributed by atoms with Crippen LogP contribution in [-0.2, 0) is 10.0 Å². The summed E-state index contributed by atoms with van der Waals surface area (Å²) < 4.78 is 27.3. The molecule has 4 nitrogen and oxygen atoms in total. The highest BCUT2D eigenvalue weighted by Crippen LogP contribution is 2.30. The van der Waals surface area contributed by atoms with Gasteiger partial charge in [-0.1, -0.05) is 37.0 Å². The van der Waals surface area contributed by atoms with E-state index in [-0.39, 0.29) is 16.4 Å². The van der Waals surface area contributed by atoms with Gasteiger partial charge in [0.25, 0.3) is 0 Å². The average molecular weight is 351 g/mol. The predicted molar refractivity (Wildman–Crippen MR) is 86.5 cm³/mol. The van der Waals surface area contributed by atoms with Crippen LogP contribution in [0, 0.1) is 5.41 Å². The van der Waals surface area contributed by atoms with Gasteiger partial charge in [0.05, 0.1) is 4.90 Å². The molecule has 2 rings (SSSR count). The highest BCUT2D eigenvalue weighted by molar-refractivity contribution is 7.89. The third-order valence-corrected chi connectivity index (χ3v) is 5.80. The second-order valence-corrected chi connectivity index (χ2v) is 8.70. The number of nitrogens with one attached hydrogen (secondary N) is 2. The van der Waals surface area contributed by atoms with Crippen molar-refractivity contribution in [3.8, 4) is 0 Å². The Kier molecular flexibility index (Phi) is 5.21. The molecule has 1 aromatic carbocycles. The van der Waals surface area contributed by atoms with Crippen molar-refractivity contribution in [3.63, 3.8) is 0 Å². The molecule has 1 unspecified atom stereocenters. The van der Waals surface area contributed by atoms with E-state index in [0.717, 1.165) is 19.4 Å². The highest BCUT2D eigenvalue weighted by Gasteiger charge is 2.32. The van der Waals surface area contributed by atoms with Crippen LogP contribution in [0.1, 0.15) is 26.7 Å². The molecular weight excluding hydrogens is 331 g/mol. The number of benzene rings is 1. The van der Waals surface area contributed by atoms with Crippen molar-refractivity contribution in [1.29, 1.82) is 0 Å². The molecule has 118 valence electrons. The maximum atomic E-state index is 12.3. The van der Waals surface area contributed by atoms with E-state index in [4.69, 9.17) is 23.2 Å². The van der Waals surface area contributed by atoms with E-state index in [1.807, 2.05) is 0 Å². The van der Waals surface area contributed by atoms with Gasteiger partial charge in [0.1, 0.15) is 0 Å². The van der Waals surface area contributed by atoms with Crippen molar-refractivity contribution >= 4 is 33.2 Å². The van der Waals surface area contributed by atoms with Crippen LogP contribution >= 0.6 is 23.2 Å². The Bertz CT molecular complexity index is 597. The van der Waals surface area contributed by atoms with Crippen molar-refractivity contribution in [2.24, 2.45) is 5.41 Å². The molecule has 1 aliphatic rings. The Morgan fingerprint density at radius 2 is 1.90 bits per heavy atom. The highest BCUT2D eigenvalue weighted by atomic mass is 35.5. The van der Waals surface area contributed by atoms with Crippen molar-refractivity contribution in [2.45, 2.75) is 37.6 Å². The lowest BCUT2D eigenvalue weighted by molar-refractivity contribution is 0.181. The molecule has 1 saturated heterocycles. The fourth-order valence-electron chi connectivity index (χ4n) is 2.58. The van der Waals surface area contributed by atoms with Crippen molar-refractivity contribution < 1.29 is 8.42 Å². The van der Waals surface area contributed by atoms with Gasteiger partial charge in [-0.15, -0.1) is 0 Å². The number of hydrogen-bond donors (Lipinski definition) is 2. The minimum Gasteiger partial charge on any atom is -0.312 e. The summed E-state index contributed by atoms with van der Waals surface area (Å²) in [6.07, 6.45) is 2.19. The maximum absolute atomic E-state index is 12.3. The van der Waals surface area contributed by atoms with Gasteiger partial charge >= 0.3 is 0 Å². The van der Waals surface area contributed by atoms with Crippen LogP contribution in [0.2, 0.25) is 10.0 Å². The molecule has 1 heterocycles. The SMILES string of the molecule is CC1(C)CCCNC1CNS(=O)(=O)c1cc(Cl)cc(Cl)c1. The molecule has 7 heteroatoms. The average Bonchev–Trinajstić information content (AvgIpc) is 2.36. The quantitative estimate of drug-likeness (QED) is 0.877. The summed E-state index contributed by atoms with van der Waals surface area (Å²) in [5, 5.41) is 3.99. The van der Waals surface area contributed by atoms with Gasteiger partial charge in [0, 0.05) is 22.6 Å². The van der Waals surface area contributed by atoms with Gasteiger partial charge in [-0.2, -0.15) is 0 Å². The number of halogens is 2. The predicted octanol–water partition coefficient (Wildman–Crippen LogP) is 3.05. The standard InChI is InChI=1S/C14H20Cl2N2O2S/c1-14(2)4-3-5-17-13(14)9-18-21(19,20)12-7-10(15)6-11(16)8-12/h6-8,13,17-18H,3-5,9H2,1-2H3. The molecule has 0 radical (unpaired) electrons. The summed E-state index contributed by atoms with van der Waals surface area (Å²) in [5.74, 6) is 0. The van der Waals surface area contributed by atoms with Crippen molar-refractivity contribution in [1.82, 2.24) is 10.0 Å². The van der Waals surface area contributed by atoms with E-state index in [1.165, 1.54) is 18.2 Å². The van der Waals surface area contributed by atoms with E-state index < -0.39 is 10.0 Å². The van der Waals surface area contributed by atoms with E-state index >= 15 is 0 Å². The molecule has 1 fully saturated rings. The van der Waals surface area contributed by atoms with Gasteiger partial charge < -0.3 is 5.32 Å². The monoisotopic (exact) mass is 350 g/mol. The van der Waals surface area contributed by atoms with Crippen LogP contribution in [0.15, 0.2) is 23.1 Å². The lowest BCUT2D eigenvalue weighted by atomic mass is 9.78. The first-order chi connectivity index (χ1) is 9.71. The Morgan fingerprint density at radius 1 is 1.29 bits per heavy atom. The summed E-state index contributed by atoms with van der Waals surface area (Å²) in [6.45, 7) is 5.56. The van der Waals surface area contributed by atoms with E-state index in [9.17, 15) is 8.42 Å². The molecule has 2 N–H and O–H groups in total. The Labute approximate surface area is 136 Å². The van der Waals surface area contributed by atoms with Crippen LogP contribution in [0.5, 0.6) is 0 Å². The van der Waals surface area contributed by atoms with Crippen LogP contribution in [0.4, 0.5) is 0 Å². The zero-order valence-electron chi connectivity index (χ0n) is 12.1. The number of sulfonamides is 1. The topological polar surface area (TPSA) is 58.2 Å². The fraction of sp³-hybridized carbons (Fsp3) is 0.571. The first-order valence-corrected chi connectivity index (χ1v) is 9.14.